The van der Waals surface area contributed by atoms with Crippen molar-refractivity contribution in [2.45, 2.75) is 81.1 Å². The molecule has 0 nitrogen and oxygen atoms in total. The van der Waals surface area contributed by atoms with Crippen molar-refractivity contribution in [3.63, 3.8) is 0 Å². The third-order valence-corrected chi connectivity index (χ3v) is 4.40. The van der Waals surface area contributed by atoms with E-state index >= 15 is 0 Å². The second-order valence-electron chi connectivity index (χ2n) is 8.30. The van der Waals surface area contributed by atoms with E-state index in [9.17, 15) is 0 Å². The van der Waals surface area contributed by atoms with Gasteiger partial charge in [-0.2, -0.15) is 11.1 Å². The molecule has 0 saturated carbocycles. The van der Waals surface area contributed by atoms with Gasteiger partial charge >= 0.3 is 26.8 Å². The minimum absolute atomic E-state index is 0. The van der Waals surface area contributed by atoms with Crippen molar-refractivity contribution in [1.82, 2.24) is 0 Å². The number of hydrogen-bond acceptors (Lipinski definition) is 0. The van der Waals surface area contributed by atoms with Gasteiger partial charge in [0.1, 0.15) is 0 Å². The molecule has 166 valence electrons. The summed E-state index contributed by atoms with van der Waals surface area (Å²) < 4.78 is 0. The summed E-state index contributed by atoms with van der Waals surface area (Å²) in [7, 11) is 1.86. The molecule has 0 fully saturated rings. The summed E-state index contributed by atoms with van der Waals surface area (Å²) in [4.78, 5) is 0. The molecule has 0 aromatic heterocycles. The van der Waals surface area contributed by atoms with E-state index in [-0.39, 0.29) is 39.7 Å². The van der Waals surface area contributed by atoms with Gasteiger partial charge in [0.2, 0.25) is 0 Å². The van der Waals surface area contributed by atoms with E-state index in [2.05, 4.69) is 79.7 Å². The van der Waals surface area contributed by atoms with Crippen molar-refractivity contribution >= 4 is 32.4 Å². The van der Waals surface area contributed by atoms with Gasteiger partial charge < -0.3 is 14.9 Å². The fourth-order valence-corrected chi connectivity index (χ4v) is 2.46. The molecule has 2 aliphatic carbocycles. The molecule has 2 aliphatic rings. The van der Waals surface area contributed by atoms with Crippen LogP contribution in [0.5, 0.6) is 0 Å². The summed E-state index contributed by atoms with van der Waals surface area (Å²) in [6.07, 6.45) is 15.7. The summed E-state index contributed by atoms with van der Waals surface area (Å²) >= 11 is 2.03. The molecule has 28 heavy (non-hydrogen) atoms. The first kappa shape index (κ1) is 39.0. The molecule has 4 heteroatoms. The monoisotopic (exact) mass is 478 g/mol. The van der Waals surface area contributed by atoms with Crippen LogP contribution < -0.4 is 0 Å². The second-order valence-corrected chi connectivity index (χ2v) is 8.30. The van der Waals surface area contributed by atoms with Crippen LogP contribution in [0.1, 0.15) is 81.1 Å². The Kier molecular flexibility index (Phi) is 25.4. The maximum absolute atomic E-state index is 3.39. The van der Waals surface area contributed by atoms with Crippen LogP contribution in [-0.4, -0.2) is 7.63 Å². The molecule has 0 heterocycles. The quantitative estimate of drug-likeness (QED) is 0.280. The zero-order valence-corrected chi connectivity index (χ0v) is 24.6. The Hall–Kier alpha value is 0.471. The van der Waals surface area contributed by atoms with Crippen LogP contribution >= 0.6 is 24.8 Å². The van der Waals surface area contributed by atoms with E-state index in [0.717, 1.165) is 25.7 Å². The minimum atomic E-state index is 0. The Labute approximate surface area is 204 Å². The molecular formula is C24H44Cl2SiTi-4. The first-order valence-electron chi connectivity index (χ1n) is 9.04. The molecule has 0 aliphatic heterocycles. The van der Waals surface area contributed by atoms with Gasteiger partial charge in [-0.15, -0.1) is 37.7 Å². The van der Waals surface area contributed by atoms with Crippen molar-refractivity contribution in [3.8, 4) is 0 Å². The molecule has 0 aromatic carbocycles. The van der Waals surface area contributed by atoms with E-state index in [1.54, 1.807) is 0 Å². The summed E-state index contributed by atoms with van der Waals surface area (Å²) in [5.74, 6) is 0. The van der Waals surface area contributed by atoms with Crippen LogP contribution in [-0.2, 0) is 19.2 Å². The van der Waals surface area contributed by atoms with Gasteiger partial charge in [-0.3, -0.25) is 12.2 Å². The number of allylic oxidation sites excluding steroid dienone is 8. The van der Waals surface area contributed by atoms with Gasteiger partial charge in [-0.05, 0) is 10.8 Å². The van der Waals surface area contributed by atoms with E-state index in [4.69, 9.17) is 0 Å². The van der Waals surface area contributed by atoms with Crippen LogP contribution in [0, 0.1) is 37.8 Å². The third-order valence-electron chi connectivity index (χ3n) is 4.40. The van der Waals surface area contributed by atoms with Crippen molar-refractivity contribution in [1.29, 1.82) is 0 Å². The predicted octanol–water partition coefficient (Wildman–Crippen LogP) is 7.83. The molecule has 0 N–H and O–H groups in total. The van der Waals surface area contributed by atoms with Gasteiger partial charge in [0.25, 0.3) is 0 Å². The van der Waals surface area contributed by atoms with Crippen molar-refractivity contribution in [2.75, 3.05) is 0 Å². The molecule has 0 atom stereocenters. The Morgan fingerprint density at radius 1 is 0.750 bits per heavy atom. The Morgan fingerprint density at radius 2 is 1.00 bits per heavy atom. The van der Waals surface area contributed by atoms with Crippen LogP contribution in [0.25, 0.3) is 0 Å². The molecule has 0 bridgehead atoms. The van der Waals surface area contributed by atoms with E-state index in [0.29, 0.717) is 10.8 Å². The van der Waals surface area contributed by atoms with Crippen LogP contribution in [0.4, 0.5) is 0 Å². The summed E-state index contributed by atoms with van der Waals surface area (Å²) in [5, 5.41) is 0. The first-order valence-corrected chi connectivity index (χ1v) is 13.1. The molecule has 0 unspecified atom stereocenters. The molecule has 2 rings (SSSR count). The standard InChI is InChI=1S/2C11H17.2CH3.2ClH.H2Si.Ti/c2*1-5-9-6-7-10(8-9)11(2,3)4;;;;;;/h2*8H,5,7H2,1-4H3;2*1H3;2*1H;1H2;/q4*-1;;;;. The van der Waals surface area contributed by atoms with E-state index in [1.165, 1.54) is 22.3 Å². The van der Waals surface area contributed by atoms with Gasteiger partial charge in [-0.1, -0.05) is 68.2 Å². The van der Waals surface area contributed by atoms with Gasteiger partial charge in [-0.25, -0.2) is 23.3 Å². The van der Waals surface area contributed by atoms with E-state index in [1.807, 2.05) is 26.8 Å². The van der Waals surface area contributed by atoms with Crippen molar-refractivity contribution in [2.24, 2.45) is 10.8 Å². The molecule has 0 radical (unpaired) electrons. The second kappa shape index (κ2) is 18.3. The first-order chi connectivity index (χ1) is 11.1. The topological polar surface area (TPSA) is 0 Å². The normalized spacial score (nSPS) is 14.4. The number of halogens is 2. The summed E-state index contributed by atoms with van der Waals surface area (Å²) in [5.41, 5.74) is 6.49. The maximum atomic E-state index is 3.39. The van der Waals surface area contributed by atoms with Crippen LogP contribution in [0.2, 0.25) is 0 Å². The molecular weight excluding hydrogens is 435 g/mol. The molecule has 0 spiro atoms. The molecule has 0 amide bonds. The Morgan fingerprint density at radius 3 is 1.11 bits per heavy atom. The van der Waals surface area contributed by atoms with Crippen LogP contribution in [0.15, 0.2) is 34.4 Å². The predicted molar refractivity (Wildman–Crippen MR) is 134 cm³/mol. The summed E-state index contributed by atoms with van der Waals surface area (Å²) in [6.45, 7) is 17.9. The van der Waals surface area contributed by atoms with Gasteiger partial charge in [0.05, 0.1) is 0 Å². The zero-order chi connectivity index (χ0) is 19.0. The van der Waals surface area contributed by atoms with Gasteiger partial charge in [0, 0.05) is 0 Å². The average molecular weight is 479 g/mol. The SMILES string of the molecule is CCC1=[C-]CC(C(C)(C)C)=C1.CCC1=[C-]CC(C(C)(C)C)=C1.Cl.Cl.[CH3-].[CH3-].[SiH2]=[Ti]. The van der Waals surface area contributed by atoms with Crippen molar-refractivity contribution < 1.29 is 19.2 Å². The van der Waals surface area contributed by atoms with Crippen molar-refractivity contribution in [3.05, 3.63) is 61.4 Å². The number of hydrogen-bond donors (Lipinski definition) is 0. The van der Waals surface area contributed by atoms with E-state index < -0.39 is 0 Å². The molecule has 0 aromatic rings. The van der Waals surface area contributed by atoms with Crippen LogP contribution in [0.3, 0.4) is 0 Å². The fraction of sp³-hybridized carbons (Fsp3) is 0.583. The molecule has 0 saturated heterocycles. The number of rotatable bonds is 2. The zero-order valence-electron chi connectivity index (χ0n) is 20.0. The fourth-order valence-electron chi connectivity index (χ4n) is 2.46. The van der Waals surface area contributed by atoms with Gasteiger partial charge in [0.15, 0.2) is 0 Å². The average Bonchev–Trinajstić information content (AvgIpc) is 3.18. The Balaban J connectivity index is -0.000000102. The summed E-state index contributed by atoms with van der Waals surface area (Å²) in [6, 6.07) is 0. The third kappa shape index (κ3) is 14.5. The Bertz CT molecular complexity index is 482.